The normalized spacial score (nSPS) is 10.2. The number of rotatable bonds is 12. The number of aromatic nitrogens is 4. The Labute approximate surface area is 207 Å². The molecule has 0 aliphatic carbocycles. The highest BCUT2D eigenvalue weighted by molar-refractivity contribution is 7.17. The monoisotopic (exact) mass is 502 g/mol. The maximum Gasteiger partial charge on any atom is 0.300 e. The van der Waals surface area contributed by atoms with Crippen molar-refractivity contribution in [3.8, 4) is 0 Å². The number of ether oxygens (including phenoxy) is 1. The number of nitrogens with one attached hydrogen (secondary N) is 1. The Hall–Kier alpha value is -3.64. The molecule has 0 spiro atoms. The molecule has 3 rings (SSSR count). The Kier molecular flexibility index (Phi) is 12.1. The first-order valence-corrected chi connectivity index (χ1v) is 11.8. The molecular weight excluding hydrogens is 472 g/mol. The Morgan fingerprint density at radius 1 is 1.23 bits per heavy atom. The second kappa shape index (κ2) is 15.3. The summed E-state index contributed by atoms with van der Waals surface area (Å²) in [5.41, 5.74) is 0.888. The summed E-state index contributed by atoms with van der Waals surface area (Å²) in [6.45, 7) is 3.16. The fourth-order valence-electron chi connectivity index (χ4n) is 2.89. The largest absolute Gasteiger partial charge is 0.481 e. The molecule has 35 heavy (non-hydrogen) atoms. The number of carbonyl (C=O) groups excluding carboxylic acids is 2. The highest BCUT2D eigenvalue weighted by Gasteiger charge is 2.21. The van der Waals surface area contributed by atoms with E-state index in [1.165, 1.54) is 17.5 Å². The predicted molar refractivity (Wildman–Crippen MR) is 131 cm³/mol. The van der Waals surface area contributed by atoms with Crippen molar-refractivity contribution >= 4 is 34.3 Å². The molecule has 0 aliphatic heterocycles. The molecule has 0 unspecified atom stereocenters. The second-order valence-corrected chi connectivity index (χ2v) is 8.30. The standard InChI is InChI=1S/C21H26N6O3S.C2H4O2/c1-30-14-7-19(28)27(12-6-17-5-2-3-8-23-17)21-25-15-18(31-21)20(29)24-9-4-11-26-13-10-22-16-26;1-2(3)4/h2-3,5,8,10,13,15-16H,4,6-7,9,11-12,14H2,1H3,(H,24,29);1H3,(H,3,4). The zero-order chi connectivity index (χ0) is 25.5. The van der Waals surface area contributed by atoms with Crippen LogP contribution in [-0.2, 0) is 27.3 Å². The van der Waals surface area contributed by atoms with Crippen molar-refractivity contribution in [2.45, 2.75) is 32.7 Å². The van der Waals surface area contributed by atoms with E-state index in [1.807, 2.05) is 29.0 Å². The number of anilines is 1. The van der Waals surface area contributed by atoms with Crippen LogP contribution >= 0.6 is 11.3 Å². The topological polar surface area (TPSA) is 140 Å². The highest BCUT2D eigenvalue weighted by atomic mass is 32.1. The van der Waals surface area contributed by atoms with E-state index in [1.54, 1.807) is 30.7 Å². The Morgan fingerprint density at radius 2 is 2.03 bits per heavy atom. The zero-order valence-electron chi connectivity index (χ0n) is 19.8. The van der Waals surface area contributed by atoms with Crippen molar-refractivity contribution in [3.63, 3.8) is 0 Å². The minimum atomic E-state index is -0.833. The van der Waals surface area contributed by atoms with Crippen LogP contribution in [0.5, 0.6) is 0 Å². The summed E-state index contributed by atoms with van der Waals surface area (Å²) >= 11 is 1.21. The fraction of sp³-hybridized carbons (Fsp3) is 0.391. The maximum atomic E-state index is 12.7. The van der Waals surface area contributed by atoms with Gasteiger partial charge in [-0.05, 0) is 18.6 Å². The highest BCUT2D eigenvalue weighted by Crippen LogP contribution is 2.23. The van der Waals surface area contributed by atoms with Crippen molar-refractivity contribution in [1.82, 2.24) is 24.8 Å². The average Bonchev–Trinajstić information content (AvgIpc) is 3.53. The number of amides is 2. The van der Waals surface area contributed by atoms with E-state index in [-0.39, 0.29) is 18.2 Å². The molecule has 0 saturated heterocycles. The predicted octanol–water partition coefficient (Wildman–Crippen LogP) is 2.26. The molecule has 0 atom stereocenters. The summed E-state index contributed by atoms with van der Waals surface area (Å²) in [6, 6.07) is 5.69. The van der Waals surface area contributed by atoms with Gasteiger partial charge in [0, 0.05) is 64.4 Å². The Balaban J connectivity index is 0.00000100. The van der Waals surface area contributed by atoms with Gasteiger partial charge in [0.15, 0.2) is 5.13 Å². The van der Waals surface area contributed by atoms with Crippen LogP contribution in [0.15, 0.2) is 49.3 Å². The zero-order valence-corrected chi connectivity index (χ0v) is 20.6. The van der Waals surface area contributed by atoms with Crippen LogP contribution in [0.1, 0.15) is 35.1 Å². The number of imidazole rings is 1. The number of thiazole rings is 1. The van der Waals surface area contributed by atoms with E-state index >= 15 is 0 Å². The van der Waals surface area contributed by atoms with Gasteiger partial charge in [0.25, 0.3) is 11.9 Å². The number of hydrogen-bond donors (Lipinski definition) is 2. The number of aliphatic carboxylic acids is 1. The molecule has 0 radical (unpaired) electrons. The number of carboxylic acids is 1. The second-order valence-electron chi connectivity index (χ2n) is 7.30. The van der Waals surface area contributed by atoms with E-state index in [2.05, 4.69) is 20.3 Å². The minimum absolute atomic E-state index is 0.0978. The van der Waals surface area contributed by atoms with Gasteiger partial charge in [0.05, 0.1) is 25.6 Å². The van der Waals surface area contributed by atoms with Crippen molar-refractivity contribution in [2.24, 2.45) is 0 Å². The third-order valence-electron chi connectivity index (χ3n) is 4.52. The van der Waals surface area contributed by atoms with Crippen LogP contribution < -0.4 is 10.2 Å². The van der Waals surface area contributed by atoms with Gasteiger partial charge in [0.2, 0.25) is 5.91 Å². The molecule has 0 saturated carbocycles. The molecule has 3 aromatic heterocycles. The number of pyridine rings is 1. The van der Waals surface area contributed by atoms with Gasteiger partial charge >= 0.3 is 0 Å². The third kappa shape index (κ3) is 10.4. The first kappa shape index (κ1) is 27.6. The van der Waals surface area contributed by atoms with Crippen LogP contribution in [0.3, 0.4) is 0 Å². The molecule has 2 N–H and O–H groups in total. The van der Waals surface area contributed by atoms with Crippen LogP contribution in [0.2, 0.25) is 0 Å². The molecule has 11 nitrogen and oxygen atoms in total. The van der Waals surface area contributed by atoms with E-state index in [9.17, 15) is 9.59 Å². The van der Waals surface area contributed by atoms with Gasteiger partial charge in [-0.15, -0.1) is 0 Å². The number of carbonyl (C=O) groups is 3. The molecule has 0 aromatic carbocycles. The number of aryl methyl sites for hydroxylation is 1. The van der Waals surface area contributed by atoms with E-state index in [0.29, 0.717) is 36.1 Å². The molecule has 188 valence electrons. The first-order chi connectivity index (χ1) is 16.9. The molecule has 3 heterocycles. The Morgan fingerprint density at radius 3 is 2.69 bits per heavy atom. The molecule has 3 aromatic rings. The van der Waals surface area contributed by atoms with Crippen LogP contribution in [0.4, 0.5) is 5.13 Å². The lowest BCUT2D eigenvalue weighted by molar-refractivity contribution is -0.134. The van der Waals surface area contributed by atoms with E-state index in [0.717, 1.165) is 25.6 Å². The van der Waals surface area contributed by atoms with Gasteiger partial charge in [-0.3, -0.25) is 24.3 Å². The van der Waals surface area contributed by atoms with Gasteiger partial charge in [-0.25, -0.2) is 9.97 Å². The number of carboxylic acid groups (broad SMARTS) is 1. The lowest BCUT2D eigenvalue weighted by atomic mass is 10.2. The van der Waals surface area contributed by atoms with Crippen molar-refractivity contribution in [1.29, 1.82) is 0 Å². The summed E-state index contributed by atoms with van der Waals surface area (Å²) in [6.07, 6.45) is 10.2. The third-order valence-corrected chi connectivity index (χ3v) is 5.54. The van der Waals surface area contributed by atoms with Crippen LogP contribution in [-0.4, -0.2) is 69.2 Å². The van der Waals surface area contributed by atoms with Crippen molar-refractivity contribution in [2.75, 3.05) is 31.7 Å². The molecule has 2 amide bonds. The number of nitrogens with zero attached hydrogens (tertiary/aromatic N) is 5. The number of hydrogen-bond acceptors (Lipinski definition) is 8. The van der Waals surface area contributed by atoms with Crippen molar-refractivity contribution < 1.29 is 24.2 Å². The minimum Gasteiger partial charge on any atom is -0.481 e. The van der Waals surface area contributed by atoms with Crippen molar-refractivity contribution in [3.05, 3.63) is 59.9 Å². The molecule has 12 heteroatoms. The van der Waals surface area contributed by atoms with E-state index < -0.39 is 5.97 Å². The van der Waals surface area contributed by atoms with Gasteiger partial charge < -0.3 is 19.7 Å². The fourth-order valence-corrected chi connectivity index (χ4v) is 3.76. The first-order valence-electron chi connectivity index (χ1n) is 11.0. The van der Waals surface area contributed by atoms with Crippen LogP contribution in [0, 0.1) is 0 Å². The smallest absolute Gasteiger partial charge is 0.300 e. The summed E-state index contributed by atoms with van der Waals surface area (Å²) in [7, 11) is 1.56. The molecular formula is C23H30N6O5S. The lowest BCUT2D eigenvalue weighted by Crippen LogP contribution is -2.33. The average molecular weight is 503 g/mol. The van der Waals surface area contributed by atoms with Gasteiger partial charge in [-0.2, -0.15) is 0 Å². The summed E-state index contributed by atoms with van der Waals surface area (Å²) < 4.78 is 7.00. The lowest BCUT2D eigenvalue weighted by Gasteiger charge is -2.19. The quantitative estimate of drug-likeness (QED) is 0.360. The van der Waals surface area contributed by atoms with Gasteiger partial charge in [0.1, 0.15) is 4.88 Å². The van der Waals surface area contributed by atoms with Gasteiger partial charge in [-0.1, -0.05) is 17.4 Å². The molecule has 0 bridgehead atoms. The van der Waals surface area contributed by atoms with Crippen LogP contribution in [0.25, 0.3) is 0 Å². The summed E-state index contributed by atoms with van der Waals surface area (Å²) in [4.78, 5) is 48.9. The Bertz CT molecular complexity index is 1040. The SMILES string of the molecule is CC(=O)O.COCCC(=O)N(CCc1ccccn1)c1ncc(C(=O)NCCCn2ccnc2)s1. The maximum absolute atomic E-state index is 12.7. The summed E-state index contributed by atoms with van der Waals surface area (Å²) in [5, 5.41) is 10.8. The summed E-state index contributed by atoms with van der Waals surface area (Å²) in [5.74, 6) is -1.12. The molecule has 0 aliphatic rings. The van der Waals surface area contributed by atoms with E-state index in [4.69, 9.17) is 14.6 Å². The number of methoxy groups -OCH3 is 1. The molecule has 0 fully saturated rings.